The van der Waals surface area contributed by atoms with E-state index in [4.69, 9.17) is 9.84 Å². The largest absolute Gasteiger partial charge is 0.497 e. The molecule has 138 valence electrons. The normalized spacial score (nSPS) is 12.0. The quantitative estimate of drug-likeness (QED) is 0.640. The molecule has 0 bridgehead atoms. The Morgan fingerprint density at radius 1 is 1.33 bits per heavy atom. The molecular weight excluding hydrogens is 351 g/mol. The first-order valence-electron chi connectivity index (χ1n) is 8.20. The van der Waals surface area contributed by atoms with E-state index in [9.17, 15) is 19.6 Å². The van der Waals surface area contributed by atoms with Crippen molar-refractivity contribution in [3.63, 3.8) is 0 Å². The summed E-state index contributed by atoms with van der Waals surface area (Å²) < 4.78 is 19.1. The van der Waals surface area contributed by atoms with Gasteiger partial charge in [-0.1, -0.05) is 12.1 Å². The average molecular weight is 368 g/mol. The maximum Gasteiger partial charge on any atom is 0.267 e. The first-order valence-corrected chi connectivity index (χ1v) is 8.20. The monoisotopic (exact) mass is 368 g/mol. The second kappa shape index (κ2) is 7.58. The number of rotatable bonds is 5. The number of nitriles is 1. The van der Waals surface area contributed by atoms with Gasteiger partial charge in [-0.05, 0) is 35.4 Å². The number of pyridine rings is 1. The summed E-state index contributed by atoms with van der Waals surface area (Å²) in [5, 5.41) is 29.0. The number of aromatic amines is 1. The highest BCUT2D eigenvalue weighted by Crippen LogP contribution is 2.34. The summed E-state index contributed by atoms with van der Waals surface area (Å²) in [5.74, 6) is -0.0557. The second-order valence-corrected chi connectivity index (χ2v) is 6.08. The van der Waals surface area contributed by atoms with E-state index in [0.717, 1.165) is 0 Å². The standard InChI is InChI=1S/C20H17FN2O4/c1-27-15-7-12(6-14(25)10-24)19-16(8-15)18(17(9-22)20(26)23-19)11-3-2-4-13(21)5-11/h2-5,7-8,14,24-25H,6,10H2,1H3,(H,23,26). The van der Waals surface area contributed by atoms with Crippen molar-refractivity contribution in [2.45, 2.75) is 12.5 Å². The second-order valence-electron chi connectivity index (χ2n) is 6.08. The number of H-pyrrole nitrogens is 1. The van der Waals surface area contributed by atoms with Crippen LogP contribution < -0.4 is 10.3 Å². The van der Waals surface area contributed by atoms with Gasteiger partial charge in [-0.2, -0.15) is 5.26 Å². The minimum absolute atomic E-state index is 0.0641. The summed E-state index contributed by atoms with van der Waals surface area (Å²) in [6, 6.07) is 10.8. The fourth-order valence-electron chi connectivity index (χ4n) is 3.09. The molecule has 1 atom stereocenters. The van der Waals surface area contributed by atoms with Crippen LogP contribution in [0.3, 0.4) is 0 Å². The predicted octanol–water partition coefficient (Wildman–Crippen LogP) is 2.11. The van der Waals surface area contributed by atoms with E-state index in [1.807, 2.05) is 6.07 Å². The number of nitrogens with zero attached hydrogens (tertiary/aromatic N) is 1. The zero-order chi connectivity index (χ0) is 19.6. The molecule has 0 radical (unpaired) electrons. The van der Waals surface area contributed by atoms with Gasteiger partial charge in [0.2, 0.25) is 0 Å². The van der Waals surface area contributed by atoms with Gasteiger partial charge in [-0.3, -0.25) is 4.79 Å². The van der Waals surface area contributed by atoms with Gasteiger partial charge < -0.3 is 19.9 Å². The van der Waals surface area contributed by atoms with Gasteiger partial charge >= 0.3 is 0 Å². The number of benzene rings is 2. The number of methoxy groups -OCH3 is 1. The molecular formula is C20H17FN2O4. The number of nitrogens with one attached hydrogen (secondary N) is 1. The smallest absolute Gasteiger partial charge is 0.267 e. The lowest BCUT2D eigenvalue weighted by molar-refractivity contribution is 0.0957. The van der Waals surface area contributed by atoms with E-state index in [-0.39, 0.29) is 17.5 Å². The van der Waals surface area contributed by atoms with E-state index in [2.05, 4.69) is 4.98 Å². The van der Waals surface area contributed by atoms with Crippen LogP contribution in [0.15, 0.2) is 41.2 Å². The Labute approximate surface area is 154 Å². The third kappa shape index (κ3) is 3.53. The Hall–Kier alpha value is -3.21. The number of hydrogen-bond donors (Lipinski definition) is 3. The van der Waals surface area contributed by atoms with Gasteiger partial charge in [0.05, 0.1) is 25.3 Å². The molecule has 0 saturated heterocycles. The summed E-state index contributed by atoms with van der Waals surface area (Å²) in [5.41, 5.74) is 0.833. The summed E-state index contributed by atoms with van der Waals surface area (Å²) in [6.07, 6.45) is -0.966. The van der Waals surface area contributed by atoms with Crippen molar-refractivity contribution in [2.75, 3.05) is 13.7 Å². The molecule has 27 heavy (non-hydrogen) atoms. The third-order valence-electron chi connectivity index (χ3n) is 4.31. The van der Waals surface area contributed by atoms with Crippen LogP contribution >= 0.6 is 0 Å². The summed E-state index contributed by atoms with van der Waals surface area (Å²) in [4.78, 5) is 15.2. The number of aliphatic hydroxyl groups is 2. The number of aliphatic hydroxyl groups excluding tert-OH is 2. The van der Waals surface area contributed by atoms with Gasteiger partial charge in [-0.15, -0.1) is 0 Å². The minimum Gasteiger partial charge on any atom is -0.497 e. The molecule has 2 aromatic carbocycles. The van der Waals surface area contributed by atoms with Crippen molar-refractivity contribution in [3.05, 3.63) is 63.7 Å². The minimum atomic E-state index is -1.03. The molecule has 1 unspecified atom stereocenters. The third-order valence-corrected chi connectivity index (χ3v) is 4.31. The van der Waals surface area contributed by atoms with Gasteiger partial charge in [-0.25, -0.2) is 4.39 Å². The Morgan fingerprint density at radius 2 is 2.11 bits per heavy atom. The fraction of sp³-hybridized carbons (Fsp3) is 0.200. The molecule has 0 saturated carbocycles. The molecule has 1 aromatic heterocycles. The maximum absolute atomic E-state index is 13.8. The van der Waals surface area contributed by atoms with Crippen molar-refractivity contribution in [2.24, 2.45) is 0 Å². The van der Waals surface area contributed by atoms with Gasteiger partial charge in [0, 0.05) is 17.4 Å². The molecule has 0 aliphatic heterocycles. The van der Waals surface area contributed by atoms with Crippen LogP contribution in [0.2, 0.25) is 0 Å². The summed E-state index contributed by atoms with van der Waals surface area (Å²) in [7, 11) is 1.46. The average Bonchev–Trinajstić information content (AvgIpc) is 2.67. The van der Waals surface area contributed by atoms with E-state index < -0.39 is 24.1 Å². The van der Waals surface area contributed by atoms with Crippen molar-refractivity contribution in [1.29, 1.82) is 5.26 Å². The predicted molar refractivity (Wildman–Crippen MR) is 98.0 cm³/mol. The number of halogens is 1. The van der Waals surface area contributed by atoms with Crippen molar-refractivity contribution < 1.29 is 19.3 Å². The first kappa shape index (κ1) is 18.6. The van der Waals surface area contributed by atoms with Crippen molar-refractivity contribution in [1.82, 2.24) is 4.98 Å². The summed E-state index contributed by atoms with van der Waals surface area (Å²) in [6.45, 7) is -0.448. The van der Waals surface area contributed by atoms with Crippen molar-refractivity contribution in [3.8, 4) is 22.9 Å². The van der Waals surface area contributed by atoms with Crippen LogP contribution in [0.5, 0.6) is 5.75 Å². The lowest BCUT2D eigenvalue weighted by atomic mass is 9.93. The molecule has 0 aliphatic rings. The van der Waals surface area contributed by atoms with E-state index in [1.165, 1.54) is 25.3 Å². The SMILES string of the molecule is COc1cc(CC(O)CO)c2[nH]c(=O)c(C#N)c(-c3cccc(F)c3)c2c1. The topological polar surface area (TPSA) is 106 Å². The number of aromatic nitrogens is 1. The molecule has 0 spiro atoms. The fourth-order valence-corrected chi connectivity index (χ4v) is 3.09. The van der Waals surface area contributed by atoms with E-state index in [0.29, 0.717) is 27.8 Å². The Balaban J connectivity index is 2.44. The van der Waals surface area contributed by atoms with E-state index >= 15 is 0 Å². The van der Waals surface area contributed by atoms with Crippen LogP contribution in [-0.2, 0) is 6.42 Å². The highest BCUT2D eigenvalue weighted by Gasteiger charge is 2.19. The summed E-state index contributed by atoms with van der Waals surface area (Å²) >= 11 is 0. The molecule has 0 aliphatic carbocycles. The Bertz CT molecular complexity index is 1100. The lowest BCUT2D eigenvalue weighted by Crippen LogP contribution is -2.18. The molecule has 1 heterocycles. The van der Waals surface area contributed by atoms with Gasteiger partial charge in [0.25, 0.3) is 5.56 Å². The highest BCUT2D eigenvalue weighted by atomic mass is 19.1. The van der Waals surface area contributed by atoms with Crippen LogP contribution in [0.25, 0.3) is 22.0 Å². The number of ether oxygens (including phenoxy) is 1. The zero-order valence-corrected chi connectivity index (χ0v) is 14.5. The molecule has 6 nitrogen and oxygen atoms in total. The van der Waals surface area contributed by atoms with Crippen LogP contribution in [0, 0.1) is 17.1 Å². The zero-order valence-electron chi connectivity index (χ0n) is 14.5. The molecule has 3 rings (SSSR count). The maximum atomic E-state index is 13.8. The molecule has 7 heteroatoms. The van der Waals surface area contributed by atoms with Gasteiger partial charge in [0.15, 0.2) is 0 Å². The number of hydrogen-bond acceptors (Lipinski definition) is 5. The van der Waals surface area contributed by atoms with Crippen LogP contribution in [0.1, 0.15) is 11.1 Å². The van der Waals surface area contributed by atoms with Gasteiger partial charge in [0.1, 0.15) is 23.2 Å². The Morgan fingerprint density at radius 3 is 2.74 bits per heavy atom. The molecule has 3 N–H and O–H groups in total. The van der Waals surface area contributed by atoms with Crippen LogP contribution in [0.4, 0.5) is 4.39 Å². The molecule has 3 aromatic rings. The molecule has 0 fully saturated rings. The molecule has 0 amide bonds. The van der Waals surface area contributed by atoms with E-state index in [1.54, 1.807) is 18.2 Å². The Kier molecular flexibility index (Phi) is 5.21. The first-order chi connectivity index (χ1) is 13.0. The lowest BCUT2D eigenvalue weighted by Gasteiger charge is -2.15. The van der Waals surface area contributed by atoms with Crippen molar-refractivity contribution >= 4 is 10.9 Å². The van der Waals surface area contributed by atoms with Crippen LogP contribution in [-0.4, -0.2) is 35.0 Å². The highest BCUT2D eigenvalue weighted by molar-refractivity contribution is 5.99. The number of fused-ring (bicyclic) bond motifs is 1.